The average Bonchev–Trinajstić information content (AvgIpc) is 3.11. The summed E-state index contributed by atoms with van der Waals surface area (Å²) in [7, 11) is -3.70. The summed E-state index contributed by atoms with van der Waals surface area (Å²) in [6.45, 7) is 2.37. The number of halogens is 1. The van der Waals surface area contributed by atoms with Crippen LogP contribution in [0.25, 0.3) is 11.4 Å². The van der Waals surface area contributed by atoms with Crippen molar-refractivity contribution >= 4 is 21.6 Å². The molecule has 0 spiro atoms. The first-order valence-corrected chi connectivity index (χ1v) is 9.65. The van der Waals surface area contributed by atoms with Crippen molar-refractivity contribution in [2.45, 2.75) is 18.4 Å². The molecular weight excluding hydrogens is 378 g/mol. The maximum atomic E-state index is 12.2. The summed E-state index contributed by atoms with van der Waals surface area (Å²) in [5, 5.41) is 4.33. The molecule has 3 rings (SSSR count). The first-order valence-electron chi connectivity index (χ1n) is 7.79. The SMILES string of the molecule is CCOc1ccc(-c2noc(CNS(=O)(=O)c3ccc(Cl)cc3)n2)cc1. The van der Waals surface area contributed by atoms with Crippen LogP contribution in [0.3, 0.4) is 0 Å². The van der Waals surface area contributed by atoms with Crippen LogP contribution < -0.4 is 9.46 Å². The van der Waals surface area contributed by atoms with E-state index in [-0.39, 0.29) is 17.3 Å². The lowest BCUT2D eigenvalue weighted by Crippen LogP contribution is -2.23. The molecule has 0 aliphatic heterocycles. The Balaban J connectivity index is 1.67. The average molecular weight is 394 g/mol. The third-order valence-corrected chi connectivity index (χ3v) is 5.10. The standard InChI is InChI=1S/C17H16ClN3O4S/c1-2-24-14-7-3-12(4-8-14)17-20-16(25-21-17)11-19-26(22,23)15-9-5-13(18)6-10-15/h3-10,19H,2,11H2,1H3. The third kappa shape index (κ3) is 4.40. The van der Waals surface area contributed by atoms with Gasteiger partial charge in [0.05, 0.1) is 18.0 Å². The molecule has 1 heterocycles. The number of nitrogens with zero attached hydrogens (tertiary/aromatic N) is 2. The molecule has 1 N–H and O–H groups in total. The molecule has 9 heteroatoms. The summed E-state index contributed by atoms with van der Waals surface area (Å²) in [6.07, 6.45) is 0. The monoisotopic (exact) mass is 393 g/mol. The first kappa shape index (κ1) is 18.4. The van der Waals surface area contributed by atoms with E-state index in [2.05, 4.69) is 14.9 Å². The molecule has 0 fully saturated rings. The highest BCUT2D eigenvalue weighted by atomic mass is 35.5. The van der Waals surface area contributed by atoms with Crippen LogP contribution in [0, 0.1) is 0 Å². The lowest BCUT2D eigenvalue weighted by Gasteiger charge is -2.04. The van der Waals surface area contributed by atoms with Gasteiger partial charge in [-0.15, -0.1) is 0 Å². The van der Waals surface area contributed by atoms with Crippen molar-refractivity contribution in [2.24, 2.45) is 0 Å². The lowest BCUT2D eigenvalue weighted by molar-refractivity contribution is 0.340. The zero-order valence-electron chi connectivity index (χ0n) is 13.8. The Labute approximate surface area is 156 Å². The molecule has 0 unspecified atom stereocenters. The quantitative estimate of drug-likeness (QED) is 0.662. The highest BCUT2D eigenvalue weighted by Crippen LogP contribution is 2.20. The number of hydrogen-bond acceptors (Lipinski definition) is 6. The van der Waals surface area contributed by atoms with E-state index in [1.165, 1.54) is 24.3 Å². The van der Waals surface area contributed by atoms with Crippen molar-refractivity contribution in [3.63, 3.8) is 0 Å². The molecule has 7 nitrogen and oxygen atoms in total. The third-order valence-electron chi connectivity index (χ3n) is 3.43. The molecule has 0 saturated carbocycles. The summed E-state index contributed by atoms with van der Waals surface area (Å²) in [6, 6.07) is 13.1. The minimum atomic E-state index is -3.70. The van der Waals surface area contributed by atoms with Gasteiger partial charge in [-0.3, -0.25) is 0 Å². The molecule has 0 radical (unpaired) electrons. The molecule has 0 aliphatic carbocycles. The van der Waals surface area contributed by atoms with Crippen LogP contribution in [0.2, 0.25) is 5.02 Å². The smallest absolute Gasteiger partial charge is 0.242 e. The fraction of sp³-hybridized carbons (Fsp3) is 0.176. The highest BCUT2D eigenvalue weighted by Gasteiger charge is 2.16. The van der Waals surface area contributed by atoms with Gasteiger partial charge < -0.3 is 9.26 Å². The first-order chi connectivity index (χ1) is 12.5. The van der Waals surface area contributed by atoms with Crippen LogP contribution in [0.5, 0.6) is 5.75 Å². The van der Waals surface area contributed by atoms with Gasteiger partial charge in [-0.05, 0) is 55.5 Å². The Morgan fingerprint density at radius 2 is 1.81 bits per heavy atom. The zero-order chi connectivity index (χ0) is 18.6. The van der Waals surface area contributed by atoms with E-state index < -0.39 is 10.0 Å². The highest BCUT2D eigenvalue weighted by molar-refractivity contribution is 7.89. The molecule has 136 valence electrons. The predicted molar refractivity (Wildman–Crippen MR) is 96.4 cm³/mol. The summed E-state index contributed by atoms with van der Waals surface area (Å²) in [5.41, 5.74) is 0.740. The van der Waals surface area contributed by atoms with Crippen molar-refractivity contribution in [1.82, 2.24) is 14.9 Å². The fourth-order valence-electron chi connectivity index (χ4n) is 2.16. The Hall–Kier alpha value is -2.42. The summed E-state index contributed by atoms with van der Waals surface area (Å²) in [5.74, 6) is 1.27. The molecular formula is C17H16ClN3O4S. The Kier molecular flexibility index (Phi) is 5.55. The number of rotatable bonds is 7. The van der Waals surface area contributed by atoms with Gasteiger partial charge in [-0.2, -0.15) is 4.98 Å². The second kappa shape index (κ2) is 7.86. The number of nitrogens with one attached hydrogen (secondary N) is 1. The van der Waals surface area contributed by atoms with Gasteiger partial charge in [0.15, 0.2) is 0 Å². The molecule has 3 aromatic rings. The van der Waals surface area contributed by atoms with Crippen molar-refractivity contribution < 1.29 is 17.7 Å². The largest absolute Gasteiger partial charge is 0.494 e. The zero-order valence-corrected chi connectivity index (χ0v) is 15.4. The topological polar surface area (TPSA) is 94.3 Å². The van der Waals surface area contributed by atoms with Crippen LogP contribution >= 0.6 is 11.6 Å². The lowest BCUT2D eigenvalue weighted by atomic mass is 10.2. The van der Waals surface area contributed by atoms with E-state index in [9.17, 15) is 8.42 Å². The van der Waals surface area contributed by atoms with Gasteiger partial charge in [0.25, 0.3) is 0 Å². The fourth-order valence-corrected chi connectivity index (χ4v) is 3.27. The van der Waals surface area contributed by atoms with Crippen LogP contribution in [-0.4, -0.2) is 25.2 Å². The Bertz CT molecular complexity index is 970. The minimum absolute atomic E-state index is 0.105. The minimum Gasteiger partial charge on any atom is -0.494 e. The maximum absolute atomic E-state index is 12.2. The number of hydrogen-bond donors (Lipinski definition) is 1. The Morgan fingerprint density at radius 3 is 2.46 bits per heavy atom. The van der Waals surface area contributed by atoms with Crippen molar-refractivity contribution in [2.75, 3.05) is 6.61 Å². The molecule has 0 aliphatic rings. The van der Waals surface area contributed by atoms with E-state index in [0.717, 1.165) is 11.3 Å². The van der Waals surface area contributed by atoms with Crippen molar-refractivity contribution in [3.05, 3.63) is 59.4 Å². The van der Waals surface area contributed by atoms with Crippen LogP contribution in [-0.2, 0) is 16.6 Å². The molecule has 0 bridgehead atoms. The second-order valence-corrected chi connectivity index (χ2v) is 7.45. The van der Waals surface area contributed by atoms with Gasteiger partial charge in [0.1, 0.15) is 5.75 Å². The van der Waals surface area contributed by atoms with E-state index in [4.69, 9.17) is 20.9 Å². The maximum Gasteiger partial charge on any atom is 0.242 e. The number of ether oxygens (including phenoxy) is 1. The summed E-state index contributed by atoms with van der Waals surface area (Å²) >= 11 is 5.77. The molecule has 1 aromatic heterocycles. The molecule has 0 atom stereocenters. The van der Waals surface area contributed by atoms with E-state index in [0.29, 0.717) is 17.5 Å². The Morgan fingerprint density at radius 1 is 1.12 bits per heavy atom. The van der Waals surface area contributed by atoms with E-state index in [1.807, 2.05) is 6.92 Å². The number of benzene rings is 2. The van der Waals surface area contributed by atoms with Crippen LogP contribution in [0.1, 0.15) is 12.8 Å². The second-order valence-electron chi connectivity index (χ2n) is 5.25. The summed E-state index contributed by atoms with van der Waals surface area (Å²) in [4.78, 5) is 4.31. The molecule has 0 amide bonds. The number of aromatic nitrogens is 2. The summed E-state index contributed by atoms with van der Waals surface area (Å²) < 4.78 is 37.4. The van der Waals surface area contributed by atoms with Crippen molar-refractivity contribution in [1.29, 1.82) is 0 Å². The van der Waals surface area contributed by atoms with Crippen molar-refractivity contribution in [3.8, 4) is 17.1 Å². The molecule has 0 saturated heterocycles. The normalized spacial score (nSPS) is 11.5. The number of sulfonamides is 1. The predicted octanol–water partition coefficient (Wildman–Crippen LogP) is 3.27. The van der Waals surface area contributed by atoms with Crippen LogP contribution in [0.4, 0.5) is 0 Å². The van der Waals surface area contributed by atoms with Gasteiger partial charge in [-0.1, -0.05) is 16.8 Å². The van der Waals surface area contributed by atoms with E-state index >= 15 is 0 Å². The van der Waals surface area contributed by atoms with Gasteiger partial charge in [-0.25, -0.2) is 13.1 Å². The van der Waals surface area contributed by atoms with Gasteiger partial charge in [0, 0.05) is 10.6 Å². The molecule has 2 aromatic carbocycles. The van der Waals surface area contributed by atoms with Gasteiger partial charge >= 0.3 is 0 Å². The van der Waals surface area contributed by atoms with Gasteiger partial charge in [0.2, 0.25) is 21.7 Å². The molecule has 26 heavy (non-hydrogen) atoms. The van der Waals surface area contributed by atoms with E-state index in [1.54, 1.807) is 24.3 Å². The van der Waals surface area contributed by atoms with Crippen LogP contribution in [0.15, 0.2) is 57.9 Å².